The maximum atomic E-state index is 5.64. The highest BCUT2D eigenvalue weighted by Crippen LogP contribution is 2.46. The van der Waals surface area contributed by atoms with Gasteiger partial charge in [-0.3, -0.25) is 0 Å². The van der Waals surface area contributed by atoms with Crippen LogP contribution in [0.2, 0.25) is 0 Å². The lowest BCUT2D eigenvalue weighted by molar-refractivity contribution is 0.0623. The van der Waals surface area contributed by atoms with Gasteiger partial charge in [0.2, 0.25) is 0 Å². The van der Waals surface area contributed by atoms with Gasteiger partial charge in [0.1, 0.15) is 0 Å². The van der Waals surface area contributed by atoms with Crippen LogP contribution in [0.25, 0.3) is 21.9 Å². The third kappa shape index (κ3) is 2.56. The Morgan fingerprint density at radius 1 is 0.923 bits per heavy atom. The van der Waals surface area contributed by atoms with Crippen LogP contribution in [-0.4, -0.2) is 27.4 Å². The van der Waals surface area contributed by atoms with Gasteiger partial charge in [-0.1, -0.05) is 61.5 Å². The summed E-state index contributed by atoms with van der Waals surface area (Å²) in [7, 11) is 3.57. The monoisotopic (exact) mass is 346 g/mol. The van der Waals surface area contributed by atoms with E-state index in [0.29, 0.717) is 13.2 Å². The van der Waals surface area contributed by atoms with Gasteiger partial charge in [-0.25, -0.2) is 0 Å². The van der Waals surface area contributed by atoms with E-state index in [1.54, 1.807) is 14.2 Å². The predicted molar refractivity (Wildman–Crippen MR) is 108 cm³/mol. The zero-order valence-electron chi connectivity index (χ0n) is 15.8. The number of rotatable bonds is 6. The van der Waals surface area contributed by atoms with Crippen molar-refractivity contribution in [2.75, 3.05) is 27.4 Å². The predicted octanol–water partition coefficient (Wildman–Crippen LogP) is 5.16. The average molecular weight is 346 g/mol. The molecular formula is C24H26O2. The van der Waals surface area contributed by atoms with Crippen molar-refractivity contribution in [2.24, 2.45) is 0 Å². The molecule has 0 unspecified atom stereocenters. The third-order valence-corrected chi connectivity index (χ3v) is 5.73. The Kier molecular flexibility index (Phi) is 4.56. The van der Waals surface area contributed by atoms with Crippen molar-refractivity contribution in [3.63, 3.8) is 0 Å². The summed E-state index contributed by atoms with van der Waals surface area (Å²) in [4.78, 5) is 0. The van der Waals surface area contributed by atoms with Crippen molar-refractivity contribution >= 4 is 10.8 Å². The zero-order chi connectivity index (χ0) is 18.1. The molecule has 1 aliphatic carbocycles. The lowest BCUT2D eigenvalue weighted by atomic mass is 9.82. The second-order valence-electron chi connectivity index (χ2n) is 7.33. The molecule has 0 aromatic heterocycles. The van der Waals surface area contributed by atoms with Crippen molar-refractivity contribution in [3.05, 3.63) is 71.3 Å². The van der Waals surface area contributed by atoms with E-state index in [4.69, 9.17) is 9.47 Å². The molecule has 2 nitrogen and oxygen atoms in total. The summed E-state index contributed by atoms with van der Waals surface area (Å²) in [5.41, 5.74) is 6.79. The Bertz CT molecular complexity index is 922. The number of hydrogen-bond acceptors (Lipinski definition) is 2. The molecule has 0 spiro atoms. The average Bonchev–Trinajstić information content (AvgIpc) is 2.98. The first-order valence-corrected chi connectivity index (χ1v) is 9.35. The number of aryl methyl sites for hydroxylation is 1. The fraction of sp³-hybridized carbons (Fsp3) is 0.333. The van der Waals surface area contributed by atoms with Crippen LogP contribution in [-0.2, 0) is 27.7 Å². The van der Waals surface area contributed by atoms with Gasteiger partial charge in [0, 0.05) is 19.6 Å². The first kappa shape index (κ1) is 17.3. The molecule has 0 saturated heterocycles. The highest BCUT2D eigenvalue weighted by atomic mass is 16.5. The molecule has 1 aliphatic rings. The van der Waals surface area contributed by atoms with Crippen LogP contribution < -0.4 is 0 Å². The Hall–Kier alpha value is -2.16. The van der Waals surface area contributed by atoms with Crippen LogP contribution in [0.15, 0.2) is 54.6 Å². The van der Waals surface area contributed by atoms with Crippen molar-refractivity contribution in [1.29, 1.82) is 0 Å². The molecular weight excluding hydrogens is 320 g/mol. The van der Waals surface area contributed by atoms with Crippen molar-refractivity contribution in [1.82, 2.24) is 0 Å². The summed E-state index contributed by atoms with van der Waals surface area (Å²) in [6.45, 7) is 3.61. The summed E-state index contributed by atoms with van der Waals surface area (Å²) in [6.07, 6.45) is 1.99. The van der Waals surface area contributed by atoms with Gasteiger partial charge < -0.3 is 9.47 Å². The van der Waals surface area contributed by atoms with Gasteiger partial charge in [-0.05, 0) is 51.4 Å². The van der Waals surface area contributed by atoms with E-state index in [1.807, 2.05) is 0 Å². The third-order valence-electron chi connectivity index (χ3n) is 5.73. The summed E-state index contributed by atoms with van der Waals surface area (Å²) in [5, 5.41) is 2.80. The second-order valence-corrected chi connectivity index (χ2v) is 7.33. The minimum absolute atomic E-state index is 0.0916. The van der Waals surface area contributed by atoms with Crippen LogP contribution in [0, 0.1) is 0 Å². The summed E-state index contributed by atoms with van der Waals surface area (Å²) >= 11 is 0. The van der Waals surface area contributed by atoms with Gasteiger partial charge in [0.05, 0.1) is 13.2 Å². The van der Waals surface area contributed by atoms with Gasteiger partial charge in [0.15, 0.2) is 0 Å². The highest BCUT2D eigenvalue weighted by molar-refractivity contribution is 5.99. The maximum absolute atomic E-state index is 5.64. The number of benzene rings is 3. The fourth-order valence-corrected chi connectivity index (χ4v) is 4.78. The molecule has 0 saturated carbocycles. The van der Waals surface area contributed by atoms with Gasteiger partial charge >= 0.3 is 0 Å². The molecule has 26 heavy (non-hydrogen) atoms. The van der Waals surface area contributed by atoms with Crippen molar-refractivity contribution < 1.29 is 9.47 Å². The SMILES string of the molecule is CCc1c(-c2ccccc2)cc2c3c(cccc13)C(COC)(COC)C2. The molecule has 0 aliphatic heterocycles. The number of hydrogen-bond donors (Lipinski definition) is 0. The minimum Gasteiger partial charge on any atom is -0.384 e. The minimum atomic E-state index is -0.0916. The van der Waals surface area contributed by atoms with E-state index in [-0.39, 0.29) is 5.41 Å². The molecule has 0 heterocycles. The topological polar surface area (TPSA) is 18.5 Å². The smallest absolute Gasteiger partial charge is 0.0584 e. The van der Waals surface area contributed by atoms with Crippen molar-refractivity contribution in [2.45, 2.75) is 25.2 Å². The molecule has 134 valence electrons. The molecule has 3 aromatic carbocycles. The Morgan fingerprint density at radius 3 is 2.31 bits per heavy atom. The molecule has 0 fully saturated rings. The Morgan fingerprint density at radius 2 is 1.65 bits per heavy atom. The lowest BCUT2D eigenvalue weighted by Crippen LogP contribution is -2.36. The molecule has 0 radical (unpaired) electrons. The van der Waals surface area contributed by atoms with E-state index < -0.39 is 0 Å². The van der Waals surface area contributed by atoms with Crippen LogP contribution in [0.1, 0.15) is 23.6 Å². The van der Waals surface area contributed by atoms with Crippen LogP contribution in [0.4, 0.5) is 0 Å². The molecule has 0 bridgehead atoms. The largest absolute Gasteiger partial charge is 0.384 e. The number of ether oxygens (including phenoxy) is 2. The van der Waals surface area contributed by atoms with E-state index in [9.17, 15) is 0 Å². The summed E-state index contributed by atoms with van der Waals surface area (Å²) < 4.78 is 11.3. The molecule has 4 rings (SSSR count). The second kappa shape index (κ2) is 6.86. The van der Waals surface area contributed by atoms with Gasteiger partial charge in [0.25, 0.3) is 0 Å². The summed E-state index contributed by atoms with van der Waals surface area (Å²) in [6, 6.07) is 19.9. The van der Waals surface area contributed by atoms with Crippen LogP contribution in [0.5, 0.6) is 0 Å². The van der Waals surface area contributed by atoms with Gasteiger partial charge in [-0.2, -0.15) is 0 Å². The van der Waals surface area contributed by atoms with Crippen LogP contribution >= 0.6 is 0 Å². The normalized spacial score (nSPS) is 14.9. The number of methoxy groups -OCH3 is 2. The zero-order valence-corrected chi connectivity index (χ0v) is 15.8. The fourth-order valence-electron chi connectivity index (χ4n) is 4.78. The summed E-state index contributed by atoms with van der Waals surface area (Å²) in [5.74, 6) is 0. The van der Waals surface area contributed by atoms with E-state index >= 15 is 0 Å². The van der Waals surface area contributed by atoms with E-state index in [0.717, 1.165) is 12.8 Å². The maximum Gasteiger partial charge on any atom is 0.0584 e. The highest BCUT2D eigenvalue weighted by Gasteiger charge is 2.40. The molecule has 0 N–H and O–H groups in total. The molecule has 0 amide bonds. The van der Waals surface area contributed by atoms with E-state index in [1.165, 1.54) is 38.6 Å². The Balaban J connectivity index is 2.00. The first-order valence-electron chi connectivity index (χ1n) is 9.35. The lowest BCUT2D eigenvalue weighted by Gasteiger charge is -2.29. The van der Waals surface area contributed by atoms with Gasteiger partial charge in [-0.15, -0.1) is 0 Å². The molecule has 3 aromatic rings. The van der Waals surface area contributed by atoms with Crippen molar-refractivity contribution in [3.8, 4) is 11.1 Å². The Labute approximate surface area is 155 Å². The quantitative estimate of drug-likeness (QED) is 0.614. The van der Waals surface area contributed by atoms with E-state index in [2.05, 4.69) is 61.5 Å². The van der Waals surface area contributed by atoms with Crippen LogP contribution in [0.3, 0.4) is 0 Å². The standard InChI is InChI=1S/C24H26O2/c1-4-19-20-11-8-12-22-23(20)18(14-24(22,15-25-2)16-26-3)13-21(19)17-9-6-5-7-10-17/h5-13H,4,14-16H2,1-3H3. The first-order chi connectivity index (χ1) is 12.7. The molecule has 2 heteroatoms. The molecule has 0 atom stereocenters.